The van der Waals surface area contributed by atoms with Crippen LogP contribution in [-0.2, 0) is 6.54 Å². The Bertz CT molecular complexity index is 907. The zero-order valence-corrected chi connectivity index (χ0v) is 14.5. The number of halogens is 2. The van der Waals surface area contributed by atoms with Crippen molar-refractivity contribution in [3.8, 4) is 10.7 Å². The number of amides is 1. The molecule has 1 saturated heterocycles. The van der Waals surface area contributed by atoms with Gasteiger partial charge < -0.3 is 4.90 Å². The Balaban J connectivity index is 1.53. The van der Waals surface area contributed by atoms with Crippen LogP contribution in [0.4, 0.5) is 8.78 Å². The molecule has 0 radical (unpaired) electrons. The second kappa shape index (κ2) is 6.91. The number of rotatable bonds is 4. The molecule has 0 bridgehead atoms. The highest BCUT2D eigenvalue weighted by molar-refractivity contribution is 7.13. The minimum absolute atomic E-state index is 0.230. The molecule has 1 amide bonds. The smallest absolute Gasteiger partial charge is 0.260 e. The van der Waals surface area contributed by atoms with Gasteiger partial charge in [0.15, 0.2) is 0 Å². The molecule has 1 aliphatic heterocycles. The quantitative estimate of drug-likeness (QED) is 0.703. The number of hydrogen-bond donors (Lipinski definition) is 0. The lowest BCUT2D eigenvalue weighted by Gasteiger charge is -2.24. The van der Waals surface area contributed by atoms with Crippen molar-refractivity contribution in [1.29, 1.82) is 0 Å². The van der Waals surface area contributed by atoms with E-state index in [-0.39, 0.29) is 6.04 Å². The Morgan fingerprint density at radius 3 is 2.77 bits per heavy atom. The van der Waals surface area contributed by atoms with Crippen LogP contribution in [0.25, 0.3) is 10.7 Å². The van der Waals surface area contributed by atoms with Gasteiger partial charge in [0.2, 0.25) is 5.82 Å². The largest absolute Gasteiger partial charge is 0.334 e. The van der Waals surface area contributed by atoms with Crippen LogP contribution >= 0.6 is 11.3 Å². The van der Waals surface area contributed by atoms with Gasteiger partial charge in [0.25, 0.3) is 5.91 Å². The van der Waals surface area contributed by atoms with Crippen molar-refractivity contribution in [3.05, 3.63) is 52.9 Å². The minimum atomic E-state index is -0.848. The first-order valence-corrected chi connectivity index (χ1v) is 9.08. The molecule has 6 nitrogen and oxygen atoms in total. The highest BCUT2D eigenvalue weighted by atomic mass is 32.1. The average Bonchev–Trinajstić information content (AvgIpc) is 3.36. The summed E-state index contributed by atoms with van der Waals surface area (Å²) in [6.07, 6.45) is 1.48. The predicted molar refractivity (Wildman–Crippen MR) is 91.5 cm³/mol. The van der Waals surface area contributed by atoms with E-state index in [2.05, 4.69) is 15.4 Å². The third-order valence-corrected chi connectivity index (χ3v) is 5.25. The summed E-state index contributed by atoms with van der Waals surface area (Å²) in [6.45, 7) is 0.782. The summed E-state index contributed by atoms with van der Waals surface area (Å²) in [4.78, 5) is 16.5. The summed E-state index contributed by atoms with van der Waals surface area (Å²) >= 11 is 1.51. The number of likely N-dealkylation sites (tertiary alicyclic amines) is 1. The molecule has 26 heavy (non-hydrogen) atoms. The van der Waals surface area contributed by atoms with E-state index in [9.17, 15) is 13.6 Å². The highest BCUT2D eigenvalue weighted by Crippen LogP contribution is 2.24. The van der Waals surface area contributed by atoms with Gasteiger partial charge in [0.05, 0.1) is 17.5 Å². The molecule has 3 heterocycles. The lowest BCUT2D eigenvalue weighted by Crippen LogP contribution is -2.39. The van der Waals surface area contributed by atoms with Crippen molar-refractivity contribution in [2.24, 2.45) is 0 Å². The topological polar surface area (TPSA) is 63.9 Å². The number of benzene rings is 1. The maximum Gasteiger partial charge on any atom is 0.260 e. The normalized spacial score (nSPS) is 17.0. The van der Waals surface area contributed by atoms with E-state index in [0.717, 1.165) is 29.9 Å². The molecule has 4 rings (SSSR count). The maximum atomic E-state index is 13.9. The van der Waals surface area contributed by atoms with Crippen LogP contribution in [0, 0.1) is 11.6 Å². The van der Waals surface area contributed by atoms with E-state index in [1.54, 1.807) is 0 Å². The number of carbonyl (C=O) groups is 1. The molecule has 0 spiro atoms. The Kier molecular flexibility index (Phi) is 4.46. The van der Waals surface area contributed by atoms with E-state index in [4.69, 9.17) is 0 Å². The van der Waals surface area contributed by atoms with E-state index in [1.165, 1.54) is 27.1 Å². The van der Waals surface area contributed by atoms with Crippen molar-refractivity contribution in [2.45, 2.75) is 25.4 Å². The minimum Gasteiger partial charge on any atom is -0.334 e. The number of nitrogens with zero attached hydrogens (tertiary/aromatic N) is 5. The summed E-state index contributed by atoms with van der Waals surface area (Å²) in [5.41, 5.74) is -0.509. The Morgan fingerprint density at radius 1 is 1.23 bits per heavy atom. The first-order chi connectivity index (χ1) is 12.6. The van der Waals surface area contributed by atoms with Gasteiger partial charge in [-0.2, -0.15) is 4.80 Å². The second-order valence-corrected chi connectivity index (χ2v) is 6.98. The van der Waals surface area contributed by atoms with Gasteiger partial charge >= 0.3 is 0 Å². The van der Waals surface area contributed by atoms with Gasteiger partial charge in [-0.1, -0.05) is 12.1 Å². The van der Waals surface area contributed by atoms with Crippen molar-refractivity contribution in [2.75, 3.05) is 6.54 Å². The van der Waals surface area contributed by atoms with Crippen LogP contribution in [-0.4, -0.2) is 43.6 Å². The molecular weight excluding hydrogens is 360 g/mol. The monoisotopic (exact) mass is 375 g/mol. The maximum absolute atomic E-state index is 13.9. The summed E-state index contributed by atoms with van der Waals surface area (Å²) in [5, 5.41) is 14.3. The fourth-order valence-corrected chi connectivity index (χ4v) is 3.80. The van der Waals surface area contributed by atoms with Gasteiger partial charge in [-0.3, -0.25) is 4.79 Å². The van der Waals surface area contributed by atoms with Crippen LogP contribution in [0.1, 0.15) is 23.2 Å². The van der Waals surface area contributed by atoms with E-state index < -0.39 is 23.1 Å². The van der Waals surface area contributed by atoms with Crippen LogP contribution < -0.4 is 0 Å². The summed E-state index contributed by atoms with van der Waals surface area (Å²) in [7, 11) is 0. The number of thiophene rings is 1. The lowest BCUT2D eigenvalue weighted by molar-refractivity contribution is 0.0708. The van der Waals surface area contributed by atoms with Crippen LogP contribution in [0.15, 0.2) is 35.7 Å². The van der Waals surface area contributed by atoms with Crippen LogP contribution in [0.5, 0.6) is 0 Å². The van der Waals surface area contributed by atoms with Crippen LogP contribution in [0.3, 0.4) is 0 Å². The average molecular weight is 375 g/mol. The lowest BCUT2D eigenvalue weighted by atomic mass is 10.1. The van der Waals surface area contributed by atoms with Crippen molar-refractivity contribution in [1.82, 2.24) is 25.1 Å². The molecule has 0 aliphatic carbocycles. The molecule has 1 atom stereocenters. The molecule has 1 aromatic carbocycles. The van der Waals surface area contributed by atoms with E-state index in [0.29, 0.717) is 18.9 Å². The summed E-state index contributed by atoms with van der Waals surface area (Å²) in [6, 6.07) is 7.00. The summed E-state index contributed by atoms with van der Waals surface area (Å²) in [5.74, 6) is -1.81. The number of carbonyl (C=O) groups excluding carboxylic acids is 1. The standard InChI is InChI=1S/C17H15F2N5OS/c18-12-5-1-6-13(19)15(12)17(25)23-8-2-4-11(23)10-24-21-16(20-22-24)14-7-3-9-26-14/h1,3,5-7,9,11H,2,4,8,10H2/t11-/m1/s1. The third-order valence-electron chi connectivity index (χ3n) is 4.38. The zero-order chi connectivity index (χ0) is 18.1. The van der Waals surface area contributed by atoms with Gasteiger partial charge in [-0.05, 0) is 41.6 Å². The molecule has 0 N–H and O–H groups in total. The Morgan fingerprint density at radius 2 is 2.04 bits per heavy atom. The van der Waals surface area contributed by atoms with E-state index >= 15 is 0 Å². The summed E-state index contributed by atoms with van der Waals surface area (Å²) < 4.78 is 27.9. The predicted octanol–water partition coefficient (Wildman–Crippen LogP) is 2.98. The molecule has 9 heteroatoms. The van der Waals surface area contributed by atoms with Crippen LogP contribution in [0.2, 0.25) is 0 Å². The molecule has 0 unspecified atom stereocenters. The SMILES string of the molecule is O=C(c1c(F)cccc1F)N1CCC[C@@H]1Cn1nnc(-c2cccs2)n1. The number of tetrazole rings is 1. The second-order valence-electron chi connectivity index (χ2n) is 6.04. The fraction of sp³-hybridized carbons (Fsp3) is 0.294. The molecule has 1 fully saturated rings. The fourth-order valence-electron chi connectivity index (χ4n) is 3.15. The Hall–Kier alpha value is -2.68. The first-order valence-electron chi connectivity index (χ1n) is 8.20. The van der Waals surface area contributed by atoms with Crippen molar-refractivity contribution < 1.29 is 13.6 Å². The third kappa shape index (κ3) is 3.10. The van der Waals surface area contributed by atoms with Crippen molar-refractivity contribution >= 4 is 17.2 Å². The first kappa shape index (κ1) is 16.8. The van der Waals surface area contributed by atoms with E-state index in [1.807, 2.05) is 17.5 Å². The van der Waals surface area contributed by atoms with Crippen molar-refractivity contribution in [3.63, 3.8) is 0 Å². The molecule has 134 valence electrons. The molecule has 1 aliphatic rings. The highest BCUT2D eigenvalue weighted by Gasteiger charge is 2.33. The zero-order valence-electron chi connectivity index (χ0n) is 13.7. The molecule has 0 saturated carbocycles. The van der Waals surface area contributed by atoms with Gasteiger partial charge in [0.1, 0.15) is 17.2 Å². The van der Waals surface area contributed by atoms with Gasteiger partial charge in [-0.15, -0.1) is 21.5 Å². The Labute approximate surface area is 152 Å². The molecular formula is C17H15F2N5OS. The number of aromatic nitrogens is 4. The molecule has 2 aromatic heterocycles. The van der Waals surface area contributed by atoms with Gasteiger partial charge in [-0.25, -0.2) is 8.78 Å². The molecule has 3 aromatic rings. The number of hydrogen-bond acceptors (Lipinski definition) is 5. The van der Waals surface area contributed by atoms with Gasteiger partial charge in [0, 0.05) is 6.54 Å².